The summed E-state index contributed by atoms with van der Waals surface area (Å²) >= 11 is 0. The van der Waals surface area contributed by atoms with Crippen LogP contribution in [0.2, 0.25) is 0 Å². The monoisotopic (exact) mass is 402 g/mol. The van der Waals surface area contributed by atoms with Crippen LogP contribution < -0.4 is 5.32 Å². The van der Waals surface area contributed by atoms with Crippen LogP contribution in [0.15, 0.2) is 35.3 Å². The van der Waals surface area contributed by atoms with Gasteiger partial charge in [0.2, 0.25) is 0 Å². The van der Waals surface area contributed by atoms with Gasteiger partial charge in [-0.3, -0.25) is 9.89 Å². The van der Waals surface area contributed by atoms with Gasteiger partial charge in [-0.2, -0.15) is 0 Å². The van der Waals surface area contributed by atoms with Gasteiger partial charge in [0.05, 0.1) is 25.3 Å². The second kappa shape index (κ2) is 11.5. The summed E-state index contributed by atoms with van der Waals surface area (Å²) in [5.41, 5.74) is 1.33. The van der Waals surface area contributed by atoms with Crippen molar-refractivity contribution in [1.82, 2.24) is 15.1 Å². The molecule has 1 aromatic carbocycles. The molecule has 2 fully saturated rings. The molecule has 162 valence electrons. The van der Waals surface area contributed by atoms with Crippen molar-refractivity contribution in [3.8, 4) is 0 Å². The van der Waals surface area contributed by atoms with Crippen molar-refractivity contribution in [3.05, 3.63) is 35.9 Å². The van der Waals surface area contributed by atoms with Gasteiger partial charge in [-0.15, -0.1) is 0 Å². The fourth-order valence-electron chi connectivity index (χ4n) is 4.36. The fourth-order valence-corrected chi connectivity index (χ4v) is 4.36. The molecule has 1 aromatic rings. The van der Waals surface area contributed by atoms with Gasteiger partial charge in [-0.25, -0.2) is 0 Å². The van der Waals surface area contributed by atoms with E-state index in [1.54, 1.807) is 0 Å². The Balaban J connectivity index is 1.73. The number of morpholine rings is 1. The summed E-state index contributed by atoms with van der Waals surface area (Å²) in [7, 11) is 0. The molecular formula is C23H38N4O2. The predicted molar refractivity (Wildman–Crippen MR) is 118 cm³/mol. The van der Waals surface area contributed by atoms with Crippen molar-refractivity contribution >= 4 is 5.96 Å². The zero-order valence-electron chi connectivity index (χ0n) is 18.3. The lowest BCUT2D eigenvalue weighted by Crippen LogP contribution is -2.53. The molecule has 0 spiro atoms. The molecule has 0 saturated carbocycles. The van der Waals surface area contributed by atoms with Crippen LogP contribution in [-0.4, -0.2) is 80.4 Å². The summed E-state index contributed by atoms with van der Waals surface area (Å²) in [6, 6.07) is 11.0. The van der Waals surface area contributed by atoms with Crippen molar-refractivity contribution in [2.75, 3.05) is 52.5 Å². The van der Waals surface area contributed by atoms with Crippen LogP contribution in [0.3, 0.4) is 0 Å². The number of nitrogens with zero attached hydrogens (tertiary/aromatic N) is 3. The van der Waals surface area contributed by atoms with E-state index in [0.29, 0.717) is 0 Å². The Morgan fingerprint density at radius 1 is 1.14 bits per heavy atom. The number of benzene rings is 1. The number of ether oxygens (including phenoxy) is 2. The fraction of sp³-hybridized carbons (Fsp3) is 0.696. The average Bonchev–Trinajstić information content (AvgIpc) is 3.31. The van der Waals surface area contributed by atoms with Gasteiger partial charge in [-0.1, -0.05) is 44.2 Å². The first kappa shape index (κ1) is 22.1. The minimum atomic E-state index is 0.141. The zero-order chi connectivity index (χ0) is 20.5. The highest BCUT2D eigenvalue weighted by Gasteiger charge is 2.32. The van der Waals surface area contributed by atoms with Gasteiger partial charge in [0.25, 0.3) is 0 Å². The molecule has 6 nitrogen and oxygen atoms in total. The topological polar surface area (TPSA) is 49.3 Å². The summed E-state index contributed by atoms with van der Waals surface area (Å²) < 4.78 is 11.9. The van der Waals surface area contributed by atoms with Crippen molar-refractivity contribution in [2.24, 2.45) is 4.99 Å². The second-order valence-corrected chi connectivity index (χ2v) is 7.75. The van der Waals surface area contributed by atoms with Crippen LogP contribution >= 0.6 is 0 Å². The number of guanidine groups is 1. The Hall–Kier alpha value is -1.63. The van der Waals surface area contributed by atoms with Gasteiger partial charge < -0.3 is 19.7 Å². The summed E-state index contributed by atoms with van der Waals surface area (Å²) in [5.74, 6) is 0.992. The highest BCUT2D eigenvalue weighted by molar-refractivity contribution is 5.80. The molecule has 29 heavy (non-hydrogen) atoms. The minimum absolute atomic E-state index is 0.141. The Bertz CT molecular complexity index is 615. The number of hydrogen-bond acceptors (Lipinski definition) is 4. The molecule has 0 aliphatic carbocycles. The van der Waals surface area contributed by atoms with E-state index < -0.39 is 0 Å². The number of nitrogens with one attached hydrogen (secondary N) is 1. The van der Waals surface area contributed by atoms with Gasteiger partial charge in [0.1, 0.15) is 6.10 Å². The van der Waals surface area contributed by atoms with Crippen LogP contribution in [0.5, 0.6) is 0 Å². The Morgan fingerprint density at radius 2 is 1.90 bits per heavy atom. The highest BCUT2D eigenvalue weighted by Crippen LogP contribution is 2.23. The van der Waals surface area contributed by atoms with Crippen LogP contribution in [-0.2, 0) is 9.47 Å². The molecule has 6 heteroatoms. The summed E-state index contributed by atoms with van der Waals surface area (Å²) in [5, 5.41) is 3.51. The zero-order valence-corrected chi connectivity index (χ0v) is 18.3. The molecule has 2 aliphatic heterocycles. The van der Waals surface area contributed by atoms with E-state index in [4.69, 9.17) is 14.5 Å². The SMILES string of the molecule is CCNC(=NCC(c1ccccc1)N(CC)CC)N1CCOC(C2CCCO2)C1. The van der Waals surface area contributed by atoms with Gasteiger partial charge in [0, 0.05) is 26.2 Å². The smallest absolute Gasteiger partial charge is 0.194 e. The highest BCUT2D eigenvalue weighted by atomic mass is 16.5. The van der Waals surface area contributed by atoms with Gasteiger partial charge in [0.15, 0.2) is 5.96 Å². The largest absolute Gasteiger partial charge is 0.375 e. The summed E-state index contributed by atoms with van der Waals surface area (Å²) in [4.78, 5) is 9.92. The minimum Gasteiger partial charge on any atom is -0.375 e. The number of hydrogen-bond donors (Lipinski definition) is 1. The summed E-state index contributed by atoms with van der Waals surface area (Å²) in [6.45, 7) is 13.5. The van der Waals surface area contributed by atoms with E-state index in [0.717, 1.165) is 71.3 Å². The van der Waals surface area contributed by atoms with E-state index in [2.05, 4.69) is 66.2 Å². The van der Waals surface area contributed by atoms with Crippen LogP contribution in [0.1, 0.15) is 45.2 Å². The first-order valence-corrected chi connectivity index (χ1v) is 11.3. The number of rotatable bonds is 8. The van der Waals surface area contributed by atoms with E-state index in [9.17, 15) is 0 Å². The van der Waals surface area contributed by atoms with Gasteiger partial charge in [-0.05, 0) is 38.4 Å². The standard InChI is InChI=1S/C23H38N4O2/c1-4-24-23(27-14-16-29-22(18-27)21-13-10-15-28-21)25-17-20(26(5-2)6-3)19-11-8-7-9-12-19/h7-9,11-12,20-22H,4-6,10,13-18H2,1-3H3,(H,24,25). The molecule has 2 aliphatic rings. The molecule has 0 radical (unpaired) electrons. The van der Waals surface area contributed by atoms with E-state index >= 15 is 0 Å². The summed E-state index contributed by atoms with van der Waals surface area (Å²) in [6.07, 6.45) is 2.61. The third kappa shape index (κ3) is 5.93. The Morgan fingerprint density at radius 3 is 2.55 bits per heavy atom. The third-order valence-corrected chi connectivity index (χ3v) is 5.96. The van der Waals surface area contributed by atoms with Crippen molar-refractivity contribution in [2.45, 2.75) is 51.9 Å². The molecule has 1 N–H and O–H groups in total. The number of aliphatic imine (C=N–C) groups is 1. The van der Waals surface area contributed by atoms with Crippen LogP contribution in [0.4, 0.5) is 0 Å². The molecule has 2 heterocycles. The molecule has 3 unspecified atom stereocenters. The molecule has 2 saturated heterocycles. The van der Waals surface area contributed by atoms with Crippen molar-refractivity contribution < 1.29 is 9.47 Å². The van der Waals surface area contributed by atoms with E-state index in [1.807, 2.05) is 0 Å². The average molecular weight is 403 g/mol. The van der Waals surface area contributed by atoms with Crippen molar-refractivity contribution in [3.63, 3.8) is 0 Å². The third-order valence-electron chi connectivity index (χ3n) is 5.96. The molecule has 3 rings (SSSR count). The lowest BCUT2D eigenvalue weighted by atomic mass is 10.1. The van der Waals surface area contributed by atoms with Gasteiger partial charge >= 0.3 is 0 Å². The lowest BCUT2D eigenvalue weighted by molar-refractivity contribution is -0.0817. The quantitative estimate of drug-likeness (QED) is 0.535. The Labute approximate surface area is 176 Å². The molecule has 0 amide bonds. The maximum atomic E-state index is 6.03. The van der Waals surface area contributed by atoms with E-state index in [1.165, 1.54) is 5.56 Å². The maximum Gasteiger partial charge on any atom is 0.194 e. The molecular weight excluding hydrogens is 364 g/mol. The lowest BCUT2D eigenvalue weighted by Gasteiger charge is -2.37. The molecule has 0 bridgehead atoms. The number of likely N-dealkylation sites (N-methyl/N-ethyl adjacent to an activating group) is 1. The first-order chi connectivity index (χ1) is 14.3. The molecule has 0 aromatic heterocycles. The maximum absolute atomic E-state index is 6.03. The second-order valence-electron chi connectivity index (χ2n) is 7.75. The Kier molecular flexibility index (Phi) is 8.77. The van der Waals surface area contributed by atoms with E-state index in [-0.39, 0.29) is 18.2 Å². The van der Waals surface area contributed by atoms with Crippen LogP contribution in [0.25, 0.3) is 0 Å². The molecule has 3 atom stereocenters. The van der Waals surface area contributed by atoms with Crippen LogP contribution in [0, 0.1) is 0 Å². The normalized spacial score (nSPS) is 24.1. The first-order valence-electron chi connectivity index (χ1n) is 11.3. The predicted octanol–water partition coefficient (Wildman–Crippen LogP) is 2.91. The van der Waals surface area contributed by atoms with Crippen molar-refractivity contribution in [1.29, 1.82) is 0 Å².